The van der Waals surface area contributed by atoms with Crippen LogP contribution in [0.5, 0.6) is 5.88 Å². The summed E-state index contributed by atoms with van der Waals surface area (Å²) in [5.41, 5.74) is 2.94. The summed E-state index contributed by atoms with van der Waals surface area (Å²) in [4.78, 5) is 28.7. The Morgan fingerprint density at radius 2 is 1.23 bits per heavy atom. The molecule has 0 atom stereocenters. The zero-order chi connectivity index (χ0) is 39.3. The van der Waals surface area contributed by atoms with Crippen molar-refractivity contribution in [1.82, 2.24) is 15.2 Å². The molecule has 1 aromatic heterocycles. The minimum atomic E-state index is -4.54. The second-order valence-electron chi connectivity index (χ2n) is 11.2. The van der Waals surface area contributed by atoms with Crippen molar-refractivity contribution in [3.8, 4) is 11.6 Å². The van der Waals surface area contributed by atoms with Crippen LogP contribution >= 0.6 is 0 Å². The van der Waals surface area contributed by atoms with Crippen molar-refractivity contribution in [2.24, 2.45) is 20.0 Å². The van der Waals surface area contributed by atoms with E-state index < -0.39 is 53.9 Å². The average molecular weight is 861 g/mol. The monoisotopic (exact) mass is 860 g/mol. The van der Waals surface area contributed by atoms with E-state index in [1.165, 1.54) is 42.5 Å². The molecule has 1 aliphatic heterocycles. The second kappa shape index (κ2) is 19.7. The van der Waals surface area contributed by atoms with Crippen LogP contribution in [-0.4, -0.2) is 64.6 Å². The molecule has 2 heterocycles. The quantitative estimate of drug-likeness (QED) is 0.0335. The summed E-state index contributed by atoms with van der Waals surface area (Å²) >= 11 is 0. The number of nitrogens with zero attached hydrogens (tertiary/aromatic N) is 6. The Morgan fingerprint density at radius 3 is 1.75 bits per heavy atom. The second-order valence-corrected chi connectivity index (χ2v) is 14.0. The van der Waals surface area contributed by atoms with Crippen molar-refractivity contribution in [2.45, 2.75) is 9.79 Å². The molecule has 0 bridgehead atoms. The third kappa shape index (κ3) is 11.6. The molecular formula is C35H26K2N8O10S2. The Hall–Kier alpha value is -3.86. The normalized spacial score (nSPS) is 15.5. The number of aliphatic imine (C=N–C) groups is 3. The summed E-state index contributed by atoms with van der Waals surface area (Å²) in [6.45, 7) is 0. The number of hydrazine groups is 1. The smallest absolute Gasteiger partial charge is 0.858 e. The predicted molar refractivity (Wildman–Crippen MR) is 196 cm³/mol. The number of carbonyl (C=O) groups excluding carboxylic acids is 1. The van der Waals surface area contributed by atoms with Crippen molar-refractivity contribution in [2.75, 3.05) is 5.01 Å². The van der Waals surface area contributed by atoms with Crippen molar-refractivity contribution in [3.63, 3.8) is 0 Å². The van der Waals surface area contributed by atoms with Gasteiger partial charge in [-0.2, -0.15) is 26.8 Å². The van der Waals surface area contributed by atoms with E-state index in [9.17, 15) is 46.1 Å². The van der Waals surface area contributed by atoms with Crippen molar-refractivity contribution >= 4 is 67.2 Å². The van der Waals surface area contributed by atoms with Crippen molar-refractivity contribution < 1.29 is 149 Å². The van der Waals surface area contributed by atoms with Crippen LogP contribution in [0.4, 0.5) is 17.1 Å². The third-order valence-electron chi connectivity index (χ3n) is 7.51. The maximum Gasteiger partial charge on any atom is 1.00 e. The van der Waals surface area contributed by atoms with E-state index in [0.717, 1.165) is 34.0 Å². The van der Waals surface area contributed by atoms with Gasteiger partial charge in [-0.15, -0.1) is 0 Å². The Balaban J connectivity index is 0.00000360. The maximum atomic E-state index is 13.7. The average Bonchev–Trinajstić information content (AvgIpc) is 3.62. The molecule has 57 heavy (non-hydrogen) atoms. The number of para-hydroxylation sites is 2. The molecule has 5 aromatic rings. The molecule has 1 fully saturated rings. The molecule has 0 saturated carbocycles. The standard InChI is InChI=1S/C35H28N8O10S2.2K/c44-32-28(30(38-34(46)36-22-8-3-1-4-9-22)40-42(32)24-14-18-26(19-15-24)54(48,49)50)12-7-13-29-31(39-35(47)37-23-10-5-2-6-11-23)41-43(33(29)45)25-16-20-27(21-17-25)55(51,52)53;;/h1-21,44H,(H,48,49,50)(H,51,52,53)(H2,36,38,40,46)(H2,37,39,41,47);;/q;2*+1/p-2/b12-7+,29-13+;;. The summed E-state index contributed by atoms with van der Waals surface area (Å²) in [6.07, 6.45) is 3.71. The first-order valence-electron chi connectivity index (χ1n) is 15.6. The van der Waals surface area contributed by atoms with E-state index in [0.29, 0.717) is 5.69 Å². The van der Waals surface area contributed by atoms with Gasteiger partial charge in [-0.05, 0) is 84.8 Å². The van der Waals surface area contributed by atoms with Gasteiger partial charge in [-0.1, -0.05) is 48.6 Å². The summed E-state index contributed by atoms with van der Waals surface area (Å²) < 4.78 is 65.9. The van der Waals surface area contributed by atoms with Crippen LogP contribution in [0.3, 0.4) is 0 Å². The summed E-state index contributed by atoms with van der Waals surface area (Å²) in [5.74, 6) is -1.72. The van der Waals surface area contributed by atoms with Crippen molar-refractivity contribution in [3.05, 3.63) is 138 Å². The molecule has 0 radical (unpaired) electrons. The molecule has 280 valence electrons. The Bertz CT molecular complexity index is 2720. The number of hydrogen-bond donors (Lipinski definition) is 5. The number of hydrogen-bond acceptors (Lipinski definition) is 9. The number of H-pyrrole nitrogens is 1. The molecule has 5 N–H and O–H groups in total. The van der Waals surface area contributed by atoms with Gasteiger partial charge in [-0.3, -0.25) is 29.1 Å². The molecule has 6 rings (SSSR count). The fraction of sp³-hybridized carbons (Fsp3) is 0. The largest absolute Gasteiger partial charge is 1.00 e. The van der Waals surface area contributed by atoms with Gasteiger partial charge in [0.25, 0.3) is 26.1 Å². The van der Waals surface area contributed by atoms with Crippen LogP contribution in [0.1, 0.15) is 5.56 Å². The van der Waals surface area contributed by atoms with Crippen LogP contribution < -0.4 is 129 Å². The number of aromatic nitrogens is 2. The van der Waals surface area contributed by atoms with Crippen LogP contribution in [0, 0.1) is 0 Å². The number of allylic oxidation sites excluding steroid dienone is 2. The van der Waals surface area contributed by atoms with E-state index in [4.69, 9.17) is 0 Å². The predicted octanol–water partition coefficient (Wildman–Crippen LogP) is -3.54. The first-order chi connectivity index (χ1) is 26.2. The minimum Gasteiger partial charge on any atom is -0.858 e. The van der Waals surface area contributed by atoms with E-state index in [1.807, 2.05) is 0 Å². The van der Waals surface area contributed by atoms with Crippen molar-refractivity contribution in [1.29, 1.82) is 0 Å². The third-order valence-corrected chi connectivity index (χ3v) is 9.25. The fourth-order valence-corrected chi connectivity index (χ4v) is 5.92. The number of amides is 1. The number of carbonyl (C=O) groups is 1. The van der Waals surface area contributed by atoms with Gasteiger partial charge in [0, 0.05) is 5.56 Å². The van der Waals surface area contributed by atoms with Gasteiger partial charge in [-0.25, -0.2) is 15.0 Å². The zero-order valence-electron chi connectivity index (χ0n) is 29.8. The molecular weight excluding hydrogens is 835 g/mol. The minimum absolute atomic E-state index is 0. The first kappa shape index (κ1) is 45.8. The number of rotatable bonds is 8. The molecule has 1 aliphatic rings. The van der Waals surface area contributed by atoms with Crippen LogP contribution in [0.15, 0.2) is 157 Å². The molecule has 18 nitrogen and oxygen atoms in total. The Morgan fingerprint density at radius 1 is 0.719 bits per heavy atom. The molecule has 4 aromatic carbocycles. The van der Waals surface area contributed by atoms with E-state index in [1.54, 1.807) is 60.7 Å². The van der Waals surface area contributed by atoms with Crippen LogP contribution in [0.2, 0.25) is 0 Å². The molecule has 22 heteroatoms. The number of aliphatic hydroxyl groups is 1. The number of nitrogens with one attached hydrogen (secondary N) is 2. The Labute approximate surface area is 409 Å². The van der Waals surface area contributed by atoms with Gasteiger partial charge in [0.15, 0.2) is 11.3 Å². The van der Waals surface area contributed by atoms with Gasteiger partial charge in [0.05, 0.1) is 44.1 Å². The molecule has 1 saturated heterocycles. The van der Waals surface area contributed by atoms with Gasteiger partial charge < -0.3 is 15.3 Å². The summed E-state index contributed by atoms with van der Waals surface area (Å²) in [7, 11) is -9.07. The topological polar surface area (TPSA) is 278 Å². The van der Waals surface area contributed by atoms with Gasteiger partial charge in [0.1, 0.15) is 0 Å². The summed E-state index contributed by atoms with van der Waals surface area (Å²) in [6, 6.07) is 23.9. The number of benzene rings is 4. The molecule has 0 spiro atoms. The molecule has 0 aliphatic carbocycles. The van der Waals surface area contributed by atoms with Gasteiger partial charge in [0.2, 0.25) is 0 Å². The molecule has 1 amide bonds. The Kier molecular flexibility index (Phi) is 15.9. The zero-order valence-corrected chi connectivity index (χ0v) is 37.7. The van der Waals surface area contributed by atoms with E-state index in [-0.39, 0.29) is 142 Å². The number of aromatic amines is 1. The fourth-order valence-electron chi connectivity index (χ4n) is 4.96. The van der Waals surface area contributed by atoms with E-state index in [2.05, 4.69) is 30.5 Å². The first-order valence-corrected chi connectivity index (χ1v) is 18.5. The van der Waals surface area contributed by atoms with Crippen LogP contribution in [-0.2, 0) is 25.0 Å². The molecule has 0 unspecified atom stereocenters. The van der Waals surface area contributed by atoms with Gasteiger partial charge >= 0.3 is 109 Å². The SMILES string of the molecule is O=C1/C(=C/C=C/c2c([O-])n(-c3ccc(S(=O)(=O)O)cc3)[nH]c2=NC([O-])=Nc2ccccc2)C(=NC(O)=Nc2ccccc2)NN1c1ccc(S(=O)(=O)O)cc1.[K+].[K+]. The number of anilines is 1. The number of amidine groups is 3. The number of aliphatic hydroxyl groups excluding tert-OH is 1. The summed E-state index contributed by atoms with van der Waals surface area (Å²) in [5, 5.41) is 40.8. The maximum absolute atomic E-state index is 13.7. The van der Waals surface area contributed by atoms with E-state index >= 15 is 0 Å². The van der Waals surface area contributed by atoms with Crippen LogP contribution in [0.25, 0.3) is 11.8 Å².